The van der Waals surface area contributed by atoms with Crippen molar-refractivity contribution in [3.05, 3.63) is 11.9 Å². The predicted molar refractivity (Wildman–Crippen MR) is 58.0 cm³/mol. The molecule has 2 fully saturated rings. The molecule has 1 saturated carbocycles. The van der Waals surface area contributed by atoms with Crippen LogP contribution < -0.4 is 0 Å². The van der Waals surface area contributed by atoms with Crippen LogP contribution in [0, 0.1) is 11.8 Å². The van der Waals surface area contributed by atoms with Gasteiger partial charge in [0.15, 0.2) is 5.69 Å². The van der Waals surface area contributed by atoms with Crippen molar-refractivity contribution in [2.45, 2.75) is 18.9 Å². The molecule has 0 radical (unpaired) electrons. The molecule has 2 heterocycles. The number of amides is 1. The third kappa shape index (κ3) is 1.53. The molecule has 86 valence electrons. The fourth-order valence-corrected chi connectivity index (χ4v) is 3.23. The lowest BCUT2D eigenvalue weighted by molar-refractivity contribution is 0.0748. The molecule has 1 aliphatic carbocycles. The molecule has 1 amide bonds. The summed E-state index contributed by atoms with van der Waals surface area (Å²) in [6.07, 6.45) is 3.20. The maximum atomic E-state index is 12.0. The van der Waals surface area contributed by atoms with E-state index in [4.69, 9.17) is 0 Å². The summed E-state index contributed by atoms with van der Waals surface area (Å²) in [4.78, 5) is 13.8. The molecule has 1 aromatic rings. The van der Waals surface area contributed by atoms with Gasteiger partial charge in [0.05, 0.1) is 24.0 Å². The van der Waals surface area contributed by atoms with Crippen LogP contribution in [0.5, 0.6) is 0 Å². The van der Waals surface area contributed by atoms with Crippen molar-refractivity contribution < 1.29 is 9.90 Å². The first-order chi connectivity index (χ1) is 7.75. The predicted octanol–water partition coefficient (Wildman–Crippen LogP) is 0.381. The minimum Gasteiger partial charge on any atom is -0.393 e. The van der Waals surface area contributed by atoms with Gasteiger partial charge < -0.3 is 10.0 Å². The van der Waals surface area contributed by atoms with Gasteiger partial charge in [0.1, 0.15) is 0 Å². The Morgan fingerprint density at radius 1 is 1.50 bits per heavy atom. The van der Waals surface area contributed by atoms with Crippen molar-refractivity contribution in [2.75, 3.05) is 13.1 Å². The van der Waals surface area contributed by atoms with E-state index in [2.05, 4.69) is 8.75 Å². The number of nitrogens with zero attached hydrogens (tertiary/aromatic N) is 3. The summed E-state index contributed by atoms with van der Waals surface area (Å²) in [6, 6.07) is 0. The number of aliphatic hydroxyl groups is 1. The first kappa shape index (κ1) is 10.2. The van der Waals surface area contributed by atoms with Crippen molar-refractivity contribution in [3.63, 3.8) is 0 Å². The lowest BCUT2D eigenvalue weighted by Gasteiger charge is -2.16. The summed E-state index contributed by atoms with van der Waals surface area (Å²) in [5.41, 5.74) is 0.430. The van der Waals surface area contributed by atoms with E-state index in [1.54, 1.807) is 4.90 Å². The molecular weight excluding hydrogens is 226 g/mol. The summed E-state index contributed by atoms with van der Waals surface area (Å²) < 4.78 is 7.79. The van der Waals surface area contributed by atoms with E-state index >= 15 is 0 Å². The van der Waals surface area contributed by atoms with Crippen LogP contribution in [-0.4, -0.2) is 43.9 Å². The number of rotatable bonds is 1. The lowest BCUT2D eigenvalue weighted by atomic mass is 10.00. The van der Waals surface area contributed by atoms with Gasteiger partial charge in [-0.05, 0) is 18.8 Å². The van der Waals surface area contributed by atoms with Crippen LogP contribution in [0.15, 0.2) is 6.20 Å². The third-order valence-electron chi connectivity index (χ3n) is 3.69. The molecule has 16 heavy (non-hydrogen) atoms. The van der Waals surface area contributed by atoms with Gasteiger partial charge in [-0.3, -0.25) is 4.79 Å². The first-order valence-corrected chi connectivity index (χ1v) is 6.23. The Hall–Kier alpha value is -1.01. The molecule has 6 heteroatoms. The number of fused-ring (bicyclic) bond motifs is 1. The molecule has 2 aliphatic rings. The van der Waals surface area contributed by atoms with Crippen LogP contribution in [-0.2, 0) is 0 Å². The van der Waals surface area contributed by atoms with Crippen LogP contribution in [0.3, 0.4) is 0 Å². The van der Waals surface area contributed by atoms with Crippen LogP contribution in [0.2, 0.25) is 0 Å². The molecule has 1 saturated heterocycles. The summed E-state index contributed by atoms with van der Waals surface area (Å²) in [6.45, 7) is 1.43. The second-order valence-electron chi connectivity index (χ2n) is 4.57. The summed E-state index contributed by atoms with van der Waals surface area (Å²) >= 11 is 1.05. The molecule has 3 rings (SSSR count). The number of carbonyl (C=O) groups is 1. The van der Waals surface area contributed by atoms with Gasteiger partial charge in [-0.1, -0.05) is 0 Å². The highest BCUT2D eigenvalue weighted by Gasteiger charge is 2.43. The van der Waals surface area contributed by atoms with Gasteiger partial charge in [0, 0.05) is 19.0 Å². The van der Waals surface area contributed by atoms with Gasteiger partial charge in [-0.15, -0.1) is 0 Å². The third-order valence-corrected chi connectivity index (χ3v) is 4.16. The molecule has 3 unspecified atom stereocenters. The second-order valence-corrected chi connectivity index (χ2v) is 5.13. The number of likely N-dealkylation sites (tertiary alicyclic amines) is 1. The van der Waals surface area contributed by atoms with Gasteiger partial charge in [-0.2, -0.15) is 8.75 Å². The van der Waals surface area contributed by atoms with Crippen LogP contribution >= 0.6 is 11.7 Å². The van der Waals surface area contributed by atoms with E-state index in [1.807, 2.05) is 0 Å². The monoisotopic (exact) mass is 239 g/mol. The van der Waals surface area contributed by atoms with E-state index in [1.165, 1.54) is 6.20 Å². The van der Waals surface area contributed by atoms with Crippen LogP contribution in [0.25, 0.3) is 0 Å². The molecule has 5 nitrogen and oxygen atoms in total. The van der Waals surface area contributed by atoms with E-state index in [0.717, 1.165) is 31.1 Å². The molecule has 3 atom stereocenters. The molecule has 0 aromatic carbocycles. The van der Waals surface area contributed by atoms with E-state index in [0.29, 0.717) is 18.2 Å². The summed E-state index contributed by atoms with van der Waals surface area (Å²) in [7, 11) is 0. The molecule has 1 N–H and O–H groups in total. The van der Waals surface area contributed by atoms with Crippen molar-refractivity contribution in [1.29, 1.82) is 0 Å². The Balaban J connectivity index is 1.73. The molecule has 0 spiro atoms. The number of hydrogen-bond acceptors (Lipinski definition) is 5. The zero-order valence-corrected chi connectivity index (χ0v) is 9.56. The van der Waals surface area contributed by atoms with Crippen LogP contribution in [0.1, 0.15) is 23.3 Å². The molecule has 1 aliphatic heterocycles. The standard InChI is InChI=1S/C10H13N3O2S/c14-9-2-1-6-4-13(5-7(6)9)10(15)8-3-11-16-12-8/h3,6-7,9,14H,1-2,4-5H2. The fraction of sp³-hybridized carbons (Fsp3) is 0.700. The Morgan fingerprint density at radius 3 is 3.06 bits per heavy atom. The van der Waals surface area contributed by atoms with Gasteiger partial charge in [0.25, 0.3) is 5.91 Å². The Kier molecular flexibility index (Phi) is 2.40. The summed E-state index contributed by atoms with van der Waals surface area (Å²) in [5.74, 6) is 0.705. The minimum atomic E-state index is -0.226. The van der Waals surface area contributed by atoms with E-state index in [-0.39, 0.29) is 17.9 Å². The quantitative estimate of drug-likeness (QED) is 0.769. The van der Waals surface area contributed by atoms with E-state index in [9.17, 15) is 9.90 Å². The smallest absolute Gasteiger partial charge is 0.275 e. The Morgan fingerprint density at radius 2 is 2.38 bits per heavy atom. The largest absolute Gasteiger partial charge is 0.393 e. The Labute approximate surface area is 97.4 Å². The second kappa shape index (κ2) is 3.78. The first-order valence-electron chi connectivity index (χ1n) is 5.50. The zero-order chi connectivity index (χ0) is 11.1. The molecule has 0 bridgehead atoms. The summed E-state index contributed by atoms with van der Waals surface area (Å²) in [5, 5.41) is 9.77. The van der Waals surface area contributed by atoms with Crippen LogP contribution in [0.4, 0.5) is 0 Å². The highest BCUT2D eigenvalue weighted by Crippen LogP contribution is 2.38. The van der Waals surface area contributed by atoms with Crippen molar-refractivity contribution >= 4 is 17.6 Å². The SMILES string of the molecule is O=C(c1cnsn1)N1CC2CCC(O)C2C1. The maximum Gasteiger partial charge on any atom is 0.275 e. The van der Waals surface area contributed by atoms with Crippen molar-refractivity contribution in [3.8, 4) is 0 Å². The average Bonchev–Trinajstić information content (AvgIpc) is 2.96. The number of hydrogen-bond donors (Lipinski definition) is 1. The normalized spacial score (nSPS) is 33.1. The highest BCUT2D eigenvalue weighted by atomic mass is 32.1. The van der Waals surface area contributed by atoms with Crippen molar-refractivity contribution in [2.24, 2.45) is 11.8 Å². The lowest BCUT2D eigenvalue weighted by Crippen LogP contribution is -2.31. The number of carbonyl (C=O) groups excluding carboxylic acids is 1. The van der Waals surface area contributed by atoms with Gasteiger partial charge >= 0.3 is 0 Å². The maximum absolute atomic E-state index is 12.0. The molecular formula is C10H13N3O2S. The number of aliphatic hydroxyl groups excluding tert-OH is 1. The minimum absolute atomic E-state index is 0.0460. The number of aromatic nitrogens is 2. The fourth-order valence-electron chi connectivity index (χ4n) is 2.82. The zero-order valence-electron chi connectivity index (χ0n) is 8.74. The topological polar surface area (TPSA) is 66.3 Å². The van der Waals surface area contributed by atoms with Gasteiger partial charge in [0.2, 0.25) is 0 Å². The average molecular weight is 239 g/mol. The highest BCUT2D eigenvalue weighted by molar-refractivity contribution is 6.99. The molecule has 1 aromatic heterocycles. The van der Waals surface area contributed by atoms with Crippen molar-refractivity contribution in [1.82, 2.24) is 13.6 Å². The van der Waals surface area contributed by atoms with E-state index < -0.39 is 0 Å². The Bertz CT molecular complexity index is 395. The van der Waals surface area contributed by atoms with Gasteiger partial charge in [-0.25, -0.2) is 0 Å².